The van der Waals surface area contributed by atoms with Crippen LogP contribution in [0.2, 0.25) is 0 Å². The Hall–Kier alpha value is -1.58. The van der Waals surface area contributed by atoms with E-state index in [0.717, 1.165) is 0 Å². The van der Waals surface area contributed by atoms with Crippen LogP contribution in [0.5, 0.6) is 5.75 Å². The van der Waals surface area contributed by atoms with Crippen molar-refractivity contribution in [3.05, 3.63) is 23.8 Å². The van der Waals surface area contributed by atoms with E-state index in [-0.39, 0.29) is 10.5 Å². The molecule has 0 fully saturated rings. The zero-order chi connectivity index (χ0) is 10.8. The number of nitrogens with two attached hydrogens (primary N) is 1. The molecule has 0 aliphatic heterocycles. The highest BCUT2D eigenvalue weighted by Gasteiger charge is 2.14. The number of hydrogen-bond acceptors (Lipinski definition) is 4. The predicted octanol–water partition coefficient (Wildman–Crippen LogP) is 0.214. The van der Waals surface area contributed by atoms with Crippen LogP contribution >= 0.6 is 0 Å². The maximum Gasteiger partial charge on any atom is 0.239 e. The Morgan fingerprint density at radius 3 is 2.57 bits per heavy atom. The van der Waals surface area contributed by atoms with Crippen LogP contribution in [0.1, 0.15) is 5.56 Å². The van der Waals surface area contributed by atoms with Gasteiger partial charge in [0.15, 0.2) is 0 Å². The van der Waals surface area contributed by atoms with Gasteiger partial charge in [-0.05, 0) is 18.2 Å². The minimum Gasteiger partial charge on any atom is -0.497 e. The van der Waals surface area contributed by atoms with Gasteiger partial charge in [-0.1, -0.05) is 0 Å². The summed E-state index contributed by atoms with van der Waals surface area (Å²) in [6.07, 6.45) is 0. The lowest BCUT2D eigenvalue weighted by Crippen LogP contribution is -2.13. The van der Waals surface area contributed by atoms with E-state index in [1.807, 2.05) is 0 Å². The minimum atomic E-state index is -3.85. The highest BCUT2D eigenvalue weighted by molar-refractivity contribution is 7.89. The Kier molecular flexibility index (Phi) is 2.74. The summed E-state index contributed by atoms with van der Waals surface area (Å²) in [4.78, 5) is -0.194. The molecule has 0 aliphatic rings. The highest BCUT2D eigenvalue weighted by atomic mass is 32.2. The second kappa shape index (κ2) is 3.65. The van der Waals surface area contributed by atoms with Crippen molar-refractivity contribution in [2.75, 3.05) is 7.11 Å². The number of hydrogen-bond donors (Lipinski definition) is 1. The van der Waals surface area contributed by atoms with Crippen LogP contribution in [-0.2, 0) is 10.0 Å². The molecule has 0 aromatic heterocycles. The molecule has 0 aliphatic carbocycles. The molecule has 0 radical (unpaired) electrons. The van der Waals surface area contributed by atoms with Crippen LogP contribution in [0, 0.1) is 11.3 Å². The smallest absolute Gasteiger partial charge is 0.239 e. The fraction of sp³-hybridized carbons (Fsp3) is 0.125. The molecule has 1 aromatic rings. The van der Waals surface area contributed by atoms with E-state index < -0.39 is 10.0 Å². The van der Waals surface area contributed by atoms with Gasteiger partial charge in [0.2, 0.25) is 10.0 Å². The fourth-order valence-electron chi connectivity index (χ4n) is 0.972. The van der Waals surface area contributed by atoms with E-state index in [1.165, 1.54) is 25.3 Å². The Morgan fingerprint density at radius 2 is 2.14 bits per heavy atom. The summed E-state index contributed by atoms with van der Waals surface area (Å²) in [6.45, 7) is 0. The number of rotatable bonds is 2. The third-order valence-electron chi connectivity index (χ3n) is 1.61. The van der Waals surface area contributed by atoms with Gasteiger partial charge in [0.25, 0.3) is 0 Å². The molecule has 0 spiro atoms. The van der Waals surface area contributed by atoms with Crippen molar-refractivity contribution in [3.8, 4) is 11.8 Å². The van der Waals surface area contributed by atoms with Gasteiger partial charge in [-0.25, -0.2) is 13.6 Å². The first-order valence-corrected chi connectivity index (χ1v) is 5.14. The van der Waals surface area contributed by atoms with Crippen LogP contribution in [0.4, 0.5) is 0 Å². The van der Waals surface area contributed by atoms with Crippen molar-refractivity contribution in [1.29, 1.82) is 5.26 Å². The zero-order valence-electron chi connectivity index (χ0n) is 7.39. The molecule has 0 bridgehead atoms. The second-order valence-electron chi connectivity index (χ2n) is 2.52. The Morgan fingerprint density at radius 1 is 1.50 bits per heavy atom. The number of primary sulfonamides is 1. The van der Waals surface area contributed by atoms with Crippen molar-refractivity contribution in [3.63, 3.8) is 0 Å². The molecule has 0 heterocycles. The van der Waals surface area contributed by atoms with Gasteiger partial charge < -0.3 is 4.74 Å². The zero-order valence-corrected chi connectivity index (χ0v) is 8.21. The maximum absolute atomic E-state index is 11.0. The lowest BCUT2D eigenvalue weighted by atomic mass is 10.2. The van der Waals surface area contributed by atoms with Crippen molar-refractivity contribution in [1.82, 2.24) is 0 Å². The maximum atomic E-state index is 11.0. The molecule has 1 aromatic carbocycles. The summed E-state index contributed by atoms with van der Waals surface area (Å²) >= 11 is 0. The first-order valence-electron chi connectivity index (χ1n) is 3.60. The van der Waals surface area contributed by atoms with Crippen LogP contribution in [0.15, 0.2) is 23.1 Å². The normalized spacial score (nSPS) is 10.6. The molecule has 0 unspecified atom stereocenters. The Balaban J connectivity index is 3.43. The number of benzene rings is 1. The summed E-state index contributed by atoms with van der Waals surface area (Å²) < 4.78 is 26.8. The van der Waals surface area contributed by atoms with E-state index in [1.54, 1.807) is 6.07 Å². The van der Waals surface area contributed by atoms with E-state index in [0.29, 0.717) is 5.75 Å². The standard InChI is InChI=1S/C8H8N2O3S/c1-13-7-2-3-8(14(10,11)12)6(4-7)5-9/h2-4H,1H3,(H2,10,11,12). The lowest BCUT2D eigenvalue weighted by molar-refractivity contribution is 0.414. The monoisotopic (exact) mass is 212 g/mol. The van der Waals surface area contributed by atoms with Crippen LogP contribution < -0.4 is 9.88 Å². The lowest BCUT2D eigenvalue weighted by Gasteiger charge is -2.03. The van der Waals surface area contributed by atoms with Crippen molar-refractivity contribution >= 4 is 10.0 Å². The SMILES string of the molecule is COc1ccc(S(N)(=O)=O)c(C#N)c1. The number of methoxy groups -OCH3 is 1. The van der Waals surface area contributed by atoms with Gasteiger partial charge in [0.05, 0.1) is 17.6 Å². The van der Waals surface area contributed by atoms with Gasteiger partial charge in [0.1, 0.15) is 11.8 Å². The predicted molar refractivity (Wildman–Crippen MR) is 49.1 cm³/mol. The van der Waals surface area contributed by atoms with Gasteiger partial charge in [0, 0.05) is 0 Å². The minimum absolute atomic E-state index is 0.0214. The molecule has 0 saturated heterocycles. The summed E-state index contributed by atoms with van der Waals surface area (Å²) in [5.74, 6) is 0.411. The van der Waals surface area contributed by atoms with Crippen LogP contribution in [0.3, 0.4) is 0 Å². The molecule has 5 nitrogen and oxygen atoms in total. The molecule has 74 valence electrons. The summed E-state index contributed by atoms with van der Waals surface area (Å²) in [6, 6.07) is 5.73. The third-order valence-corrected chi connectivity index (χ3v) is 2.58. The van der Waals surface area contributed by atoms with Crippen LogP contribution in [-0.4, -0.2) is 15.5 Å². The quantitative estimate of drug-likeness (QED) is 0.758. The van der Waals surface area contributed by atoms with Crippen LogP contribution in [0.25, 0.3) is 0 Å². The molecular weight excluding hydrogens is 204 g/mol. The molecular formula is C8H8N2O3S. The fourth-order valence-corrected chi connectivity index (χ4v) is 1.64. The third kappa shape index (κ3) is 2.02. The molecule has 1 rings (SSSR count). The molecule has 0 atom stereocenters. The molecule has 6 heteroatoms. The topological polar surface area (TPSA) is 93.2 Å². The van der Waals surface area contributed by atoms with Gasteiger partial charge in [-0.15, -0.1) is 0 Å². The molecule has 0 saturated carbocycles. The largest absolute Gasteiger partial charge is 0.497 e. The number of nitriles is 1. The molecule has 2 N–H and O–H groups in total. The van der Waals surface area contributed by atoms with Crippen molar-refractivity contribution in [2.24, 2.45) is 5.14 Å². The first kappa shape index (κ1) is 10.5. The molecule has 14 heavy (non-hydrogen) atoms. The Labute approximate surface area is 81.8 Å². The number of ether oxygens (including phenoxy) is 1. The average molecular weight is 212 g/mol. The van der Waals surface area contributed by atoms with Gasteiger partial charge >= 0.3 is 0 Å². The van der Waals surface area contributed by atoms with E-state index in [9.17, 15) is 8.42 Å². The van der Waals surface area contributed by atoms with Gasteiger partial charge in [-0.3, -0.25) is 0 Å². The van der Waals surface area contributed by atoms with Gasteiger partial charge in [-0.2, -0.15) is 5.26 Å². The van der Waals surface area contributed by atoms with Crippen molar-refractivity contribution < 1.29 is 13.2 Å². The highest BCUT2D eigenvalue weighted by Crippen LogP contribution is 2.19. The average Bonchev–Trinajstić information content (AvgIpc) is 2.15. The summed E-state index contributed by atoms with van der Waals surface area (Å²) in [5, 5.41) is 13.6. The molecule has 0 amide bonds. The van der Waals surface area contributed by atoms with E-state index >= 15 is 0 Å². The second-order valence-corrected chi connectivity index (χ2v) is 4.05. The van der Waals surface area contributed by atoms with Crippen molar-refractivity contribution in [2.45, 2.75) is 4.90 Å². The van der Waals surface area contributed by atoms with E-state index in [4.69, 9.17) is 15.1 Å². The first-order chi connectivity index (χ1) is 6.49. The Bertz CT molecular complexity index is 488. The number of nitrogens with zero attached hydrogens (tertiary/aromatic N) is 1. The van der Waals surface area contributed by atoms with E-state index in [2.05, 4.69) is 0 Å². The number of sulfonamides is 1. The summed E-state index contributed by atoms with van der Waals surface area (Å²) in [7, 11) is -2.42. The summed E-state index contributed by atoms with van der Waals surface area (Å²) in [5.41, 5.74) is -0.0214.